The third-order valence-corrected chi connectivity index (χ3v) is 1.16. The average molecular weight is 177 g/mol. The van der Waals surface area contributed by atoms with Crippen LogP contribution in [0.1, 0.15) is 11.6 Å². The van der Waals surface area contributed by atoms with Gasteiger partial charge in [-0.2, -0.15) is 8.78 Å². The molecule has 0 saturated carbocycles. The zero-order valence-electron chi connectivity index (χ0n) is 6.04. The van der Waals surface area contributed by atoms with E-state index in [9.17, 15) is 13.6 Å². The summed E-state index contributed by atoms with van der Waals surface area (Å²) in [6.07, 6.45) is 0.964. The van der Waals surface area contributed by atoms with Gasteiger partial charge >= 0.3 is 11.9 Å². The van der Waals surface area contributed by atoms with Crippen LogP contribution < -0.4 is 0 Å². The van der Waals surface area contributed by atoms with Crippen molar-refractivity contribution in [1.82, 2.24) is 4.98 Å². The average Bonchev–Trinajstić information content (AvgIpc) is 2.35. The molecule has 1 aromatic heterocycles. The number of aryl methyl sites for hydroxylation is 1. The van der Waals surface area contributed by atoms with Crippen LogP contribution in [0.2, 0.25) is 0 Å². The Balaban J connectivity index is 3.05. The van der Waals surface area contributed by atoms with Crippen molar-refractivity contribution in [2.24, 2.45) is 0 Å². The van der Waals surface area contributed by atoms with Crippen LogP contribution >= 0.6 is 0 Å². The second kappa shape index (κ2) is 2.54. The molecule has 0 saturated heterocycles. The van der Waals surface area contributed by atoms with E-state index in [1.54, 1.807) is 0 Å². The predicted molar refractivity (Wildman–Crippen MR) is 32.8 cm³/mol. The molecule has 1 rings (SSSR count). The maximum atomic E-state index is 12.5. The number of alkyl halides is 2. The highest BCUT2D eigenvalue weighted by Gasteiger charge is 2.46. The summed E-state index contributed by atoms with van der Waals surface area (Å²) < 4.78 is 29.3. The molecule has 0 atom stereocenters. The molecule has 0 amide bonds. The highest BCUT2D eigenvalue weighted by atomic mass is 19.3. The minimum absolute atomic E-state index is 0.214. The number of rotatable bonds is 2. The number of carboxylic acid groups (broad SMARTS) is 1. The third kappa shape index (κ3) is 1.27. The summed E-state index contributed by atoms with van der Waals surface area (Å²) >= 11 is 0. The largest absolute Gasteiger partial charge is 0.476 e. The number of aliphatic carboxylic acids is 1. The Bertz CT molecular complexity index is 307. The molecule has 0 spiro atoms. The molecule has 66 valence electrons. The third-order valence-electron chi connectivity index (χ3n) is 1.16. The van der Waals surface area contributed by atoms with E-state index in [-0.39, 0.29) is 5.69 Å². The molecular weight excluding hydrogens is 172 g/mol. The van der Waals surface area contributed by atoms with E-state index in [1.807, 2.05) is 0 Å². The Morgan fingerprint density at radius 1 is 1.75 bits per heavy atom. The number of carbonyl (C=O) groups is 1. The molecule has 0 bridgehead atoms. The number of halogens is 2. The van der Waals surface area contributed by atoms with Gasteiger partial charge in [-0.3, -0.25) is 0 Å². The highest BCUT2D eigenvalue weighted by molar-refractivity contribution is 5.75. The van der Waals surface area contributed by atoms with Crippen LogP contribution in [0, 0.1) is 6.92 Å². The summed E-state index contributed by atoms with van der Waals surface area (Å²) in [7, 11) is 0. The summed E-state index contributed by atoms with van der Waals surface area (Å²) in [5, 5.41) is 8.05. The van der Waals surface area contributed by atoms with Crippen LogP contribution in [-0.4, -0.2) is 16.1 Å². The van der Waals surface area contributed by atoms with Crippen molar-refractivity contribution in [2.75, 3.05) is 0 Å². The van der Waals surface area contributed by atoms with Crippen LogP contribution in [-0.2, 0) is 10.7 Å². The molecule has 1 heterocycles. The Morgan fingerprint density at radius 2 is 2.33 bits per heavy atom. The van der Waals surface area contributed by atoms with Gasteiger partial charge in [-0.15, -0.1) is 0 Å². The maximum absolute atomic E-state index is 12.5. The number of aromatic nitrogens is 1. The van der Waals surface area contributed by atoms with E-state index in [1.165, 1.54) is 6.92 Å². The van der Waals surface area contributed by atoms with Crippen LogP contribution in [0.5, 0.6) is 0 Å². The van der Waals surface area contributed by atoms with Crippen molar-refractivity contribution >= 4 is 5.97 Å². The summed E-state index contributed by atoms with van der Waals surface area (Å²) in [4.78, 5) is 13.2. The van der Waals surface area contributed by atoms with E-state index in [4.69, 9.17) is 5.11 Å². The van der Waals surface area contributed by atoms with E-state index in [0.717, 1.165) is 6.26 Å². The molecule has 12 heavy (non-hydrogen) atoms. The van der Waals surface area contributed by atoms with Crippen molar-refractivity contribution < 1.29 is 23.1 Å². The molecular formula is C6H5F2NO3. The monoisotopic (exact) mass is 177 g/mol. The minimum Gasteiger partial charge on any atom is -0.476 e. The first-order valence-corrected chi connectivity index (χ1v) is 2.98. The molecule has 1 aromatic rings. The van der Waals surface area contributed by atoms with Crippen LogP contribution in [0.3, 0.4) is 0 Å². The normalized spacial score (nSPS) is 11.6. The Hall–Kier alpha value is -1.46. The van der Waals surface area contributed by atoms with Crippen molar-refractivity contribution in [2.45, 2.75) is 12.8 Å². The molecule has 0 radical (unpaired) electrons. The first-order valence-electron chi connectivity index (χ1n) is 2.98. The first kappa shape index (κ1) is 8.63. The summed E-state index contributed by atoms with van der Waals surface area (Å²) in [5.41, 5.74) is 0.214. The van der Waals surface area contributed by atoms with Crippen LogP contribution in [0.4, 0.5) is 8.78 Å². The van der Waals surface area contributed by atoms with E-state index in [2.05, 4.69) is 9.40 Å². The quantitative estimate of drug-likeness (QED) is 0.736. The van der Waals surface area contributed by atoms with Gasteiger partial charge < -0.3 is 9.52 Å². The van der Waals surface area contributed by atoms with Crippen molar-refractivity contribution in [3.63, 3.8) is 0 Å². The maximum Gasteiger partial charge on any atom is 0.416 e. The highest BCUT2D eigenvalue weighted by Crippen LogP contribution is 2.26. The second-order valence-corrected chi connectivity index (χ2v) is 2.17. The fourth-order valence-corrected chi connectivity index (χ4v) is 0.590. The molecule has 0 aromatic carbocycles. The molecule has 0 unspecified atom stereocenters. The van der Waals surface area contributed by atoms with E-state index in [0.29, 0.717) is 0 Å². The number of carboxylic acids is 1. The van der Waals surface area contributed by atoms with Crippen molar-refractivity contribution in [3.8, 4) is 0 Å². The predicted octanol–water partition coefficient (Wildman–Crippen LogP) is 1.16. The SMILES string of the molecule is Cc1coc(C(F)(F)C(=O)O)n1. The van der Waals surface area contributed by atoms with Gasteiger partial charge in [0.25, 0.3) is 5.89 Å². The molecule has 4 nitrogen and oxygen atoms in total. The van der Waals surface area contributed by atoms with Gasteiger partial charge in [-0.1, -0.05) is 0 Å². The van der Waals surface area contributed by atoms with Gasteiger partial charge in [-0.25, -0.2) is 9.78 Å². The summed E-state index contributed by atoms with van der Waals surface area (Å²) in [6, 6.07) is 0. The van der Waals surface area contributed by atoms with Gasteiger partial charge in [0, 0.05) is 0 Å². The minimum atomic E-state index is -4.05. The Kier molecular flexibility index (Phi) is 1.83. The zero-order valence-corrected chi connectivity index (χ0v) is 6.04. The second-order valence-electron chi connectivity index (χ2n) is 2.17. The Labute approximate surface area is 65.8 Å². The smallest absolute Gasteiger partial charge is 0.416 e. The lowest BCUT2D eigenvalue weighted by Gasteiger charge is -2.04. The fourth-order valence-electron chi connectivity index (χ4n) is 0.590. The zero-order chi connectivity index (χ0) is 9.35. The fraction of sp³-hybridized carbons (Fsp3) is 0.333. The van der Waals surface area contributed by atoms with Crippen LogP contribution in [0.15, 0.2) is 10.7 Å². The number of oxazole rings is 1. The topological polar surface area (TPSA) is 63.3 Å². The molecule has 0 fully saturated rings. The first-order chi connectivity index (χ1) is 5.44. The van der Waals surface area contributed by atoms with Gasteiger partial charge in [0.1, 0.15) is 6.26 Å². The lowest BCUT2D eigenvalue weighted by atomic mass is 10.3. The molecule has 0 aliphatic heterocycles. The van der Waals surface area contributed by atoms with Gasteiger partial charge in [0.2, 0.25) is 0 Å². The standard InChI is InChI=1S/C6H5F2NO3/c1-3-2-12-4(9-3)6(7,8)5(10)11/h2H,1H3,(H,10,11). The number of nitrogens with zero attached hydrogens (tertiary/aromatic N) is 1. The summed E-state index contributed by atoms with van der Waals surface area (Å²) in [6.45, 7) is 1.42. The lowest BCUT2D eigenvalue weighted by Crippen LogP contribution is -2.25. The number of hydrogen-bond donors (Lipinski definition) is 1. The van der Waals surface area contributed by atoms with Gasteiger partial charge in [-0.05, 0) is 6.92 Å². The van der Waals surface area contributed by atoms with Crippen molar-refractivity contribution in [1.29, 1.82) is 0 Å². The summed E-state index contributed by atoms with van der Waals surface area (Å²) in [5.74, 6) is -7.41. The van der Waals surface area contributed by atoms with E-state index < -0.39 is 17.8 Å². The Morgan fingerprint density at radius 3 is 2.67 bits per heavy atom. The number of hydrogen-bond acceptors (Lipinski definition) is 3. The molecule has 1 N–H and O–H groups in total. The molecule has 0 aliphatic rings. The van der Waals surface area contributed by atoms with Gasteiger partial charge in [0.05, 0.1) is 5.69 Å². The van der Waals surface area contributed by atoms with E-state index >= 15 is 0 Å². The lowest BCUT2D eigenvalue weighted by molar-refractivity contribution is -0.169. The molecule has 0 aliphatic carbocycles. The molecule has 6 heteroatoms. The van der Waals surface area contributed by atoms with Gasteiger partial charge in [0.15, 0.2) is 0 Å². The van der Waals surface area contributed by atoms with Crippen LogP contribution in [0.25, 0.3) is 0 Å². The van der Waals surface area contributed by atoms with Crippen molar-refractivity contribution in [3.05, 3.63) is 17.8 Å².